The molecule has 0 aliphatic carbocycles. The summed E-state index contributed by atoms with van der Waals surface area (Å²) in [7, 11) is 0. The fourth-order valence-electron chi connectivity index (χ4n) is 3.21. The van der Waals surface area contributed by atoms with E-state index in [0.29, 0.717) is 17.5 Å². The third-order valence-corrected chi connectivity index (χ3v) is 5.95. The molecule has 0 bridgehead atoms. The second kappa shape index (κ2) is 7.83. The van der Waals surface area contributed by atoms with E-state index in [1.807, 2.05) is 62.4 Å². The van der Waals surface area contributed by atoms with Crippen LogP contribution < -0.4 is 5.32 Å². The molecular formula is C22H22N4O2S. The molecule has 0 radical (unpaired) electrons. The Bertz CT molecular complexity index is 1030. The van der Waals surface area contributed by atoms with E-state index in [9.17, 15) is 9.59 Å². The van der Waals surface area contributed by atoms with Gasteiger partial charge >= 0.3 is 0 Å². The lowest BCUT2D eigenvalue weighted by Crippen LogP contribution is -2.42. The van der Waals surface area contributed by atoms with Gasteiger partial charge in [0, 0.05) is 12.1 Å². The van der Waals surface area contributed by atoms with Crippen LogP contribution in [0.2, 0.25) is 0 Å². The lowest BCUT2D eigenvalue weighted by Gasteiger charge is -2.26. The third-order valence-electron chi connectivity index (χ3n) is 4.90. The molecule has 2 aliphatic rings. The number of hydrogen-bond donors (Lipinski definition) is 1. The molecule has 148 valence electrons. The second-order valence-corrected chi connectivity index (χ2v) is 8.49. The van der Waals surface area contributed by atoms with E-state index in [4.69, 9.17) is 0 Å². The number of para-hydroxylation sites is 1. The van der Waals surface area contributed by atoms with Crippen molar-refractivity contribution < 1.29 is 9.59 Å². The minimum Gasteiger partial charge on any atom is -0.351 e. The molecule has 1 N–H and O–H groups in total. The molecule has 0 aromatic heterocycles. The number of amides is 2. The van der Waals surface area contributed by atoms with E-state index >= 15 is 0 Å². The van der Waals surface area contributed by atoms with E-state index in [1.165, 1.54) is 17.3 Å². The predicted molar refractivity (Wildman–Crippen MR) is 116 cm³/mol. The third kappa shape index (κ3) is 3.82. The van der Waals surface area contributed by atoms with Gasteiger partial charge in [0.05, 0.1) is 10.9 Å². The average molecular weight is 407 g/mol. The van der Waals surface area contributed by atoms with Crippen molar-refractivity contribution in [2.24, 2.45) is 9.98 Å². The first kappa shape index (κ1) is 19.4. The maximum absolute atomic E-state index is 12.7. The van der Waals surface area contributed by atoms with Crippen LogP contribution >= 0.6 is 11.8 Å². The molecule has 0 saturated heterocycles. The van der Waals surface area contributed by atoms with Crippen LogP contribution in [0.15, 0.2) is 58.5 Å². The summed E-state index contributed by atoms with van der Waals surface area (Å²) < 4.78 is 0. The zero-order valence-corrected chi connectivity index (χ0v) is 17.4. The molecule has 0 saturated carbocycles. The van der Waals surface area contributed by atoms with Gasteiger partial charge in [-0.2, -0.15) is 0 Å². The molecule has 2 heterocycles. The fraction of sp³-hybridized carbons (Fsp3) is 0.273. The number of thioether (sulfide) groups is 1. The minimum atomic E-state index is -0.451. The van der Waals surface area contributed by atoms with Crippen molar-refractivity contribution in [1.82, 2.24) is 10.2 Å². The highest BCUT2D eigenvalue weighted by atomic mass is 32.2. The first-order valence-electron chi connectivity index (χ1n) is 9.54. The second-order valence-electron chi connectivity index (χ2n) is 7.18. The highest BCUT2D eigenvalue weighted by Gasteiger charge is 2.40. The summed E-state index contributed by atoms with van der Waals surface area (Å²) in [6.07, 6.45) is 0. The largest absolute Gasteiger partial charge is 0.351 e. The van der Waals surface area contributed by atoms with Crippen molar-refractivity contribution in [2.75, 3.05) is 0 Å². The van der Waals surface area contributed by atoms with Crippen molar-refractivity contribution in [1.29, 1.82) is 0 Å². The summed E-state index contributed by atoms with van der Waals surface area (Å²) in [6, 6.07) is 15.2. The van der Waals surface area contributed by atoms with Crippen LogP contribution in [0.4, 0.5) is 5.69 Å². The number of benzene rings is 2. The van der Waals surface area contributed by atoms with Crippen molar-refractivity contribution in [2.45, 2.75) is 38.6 Å². The normalized spacial score (nSPS) is 18.5. The number of aryl methyl sites for hydroxylation is 1. The number of aliphatic imine (C=N–C) groups is 2. The van der Waals surface area contributed by atoms with E-state index in [-0.39, 0.29) is 11.8 Å². The smallest absolute Gasteiger partial charge is 0.258 e. The molecule has 4 rings (SSSR count). The number of rotatable bonds is 4. The number of nitrogens with one attached hydrogen (secondary N) is 1. The van der Waals surface area contributed by atoms with Gasteiger partial charge in [-0.3, -0.25) is 14.6 Å². The Morgan fingerprint density at radius 1 is 1.21 bits per heavy atom. The molecule has 2 aromatic carbocycles. The fourth-order valence-corrected chi connectivity index (χ4v) is 4.14. The number of fused-ring (bicyclic) bond motifs is 3. The van der Waals surface area contributed by atoms with Crippen molar-refractivity contribution in [3.8, 4) is 0 Å². The molecule has 0 unspecified atom stereocenters. The molecule has 7 heteroatoms. The van der Waals surface area contributed by atoms with Crippen LogP contribution in [0.3, 0.4) is 0 Å². The Morgan fingerprint density at radius 2 is 1.93 bits per heavy atom. The van der Waals surface area contributed by atoms with Gasteiger partial charge in [-0.05, 0) is 38.5 Å². The molecule has 29 heavy (non-hydrogen) atoms. The maximum Gasteiger partial charge on any atom is 0.258 e. The molecule has 2 amide bonds. The zero-order chi connectivity index (χ0) is 20.5. The quantitative estimate of drug-likeness (QED) is 0.846. The molecule has 2 aliphatic heterocycles. The van der Waals surface area contributed by atoms with Crippen LogP contribution in [-0.4, -0.2) is 39.0 Å². The van der Waals surface area contributed by atoms with Gasteiger partial charge in [0.15, 0.2) is 5.17 Å². The topological polar surface area (TPSA) is 74.1 Å². The monoisotopic (exact) mass is 406 g/mol. The van der Waals surface area contributed by atoms with Crippen LogP contribution in [0.5, 0.6) is 0 Å². The molecule has 2 atom stereocenters. The Kier molecular flexibility index (Phi) is 5.24. The molecule has 6 nitrogen and oxygen atoms in total. The molecular weight excluding hydrogens is 384 g/mol. The molecule has 0 spiro atoms. The van der Waals surface area contributed by atoms with Gasteiger partial charge in [-0.1, -0.05) is 53.7 Å². The van der Waals surface area contributed by atoms with Gasteiger partial charge in [-0.15, -0.1) is 0 Å². The first-order valence-corrected chi connectivity index (χ1v) is 10.4. The van der Waals surface area contributed by atoms with Crippen LogP contribution in [-0.2, 0) is 16.1 Å². The first-order chi connectivity index (χ1) is 13.9. The Labute approximate surface area is 174 Å². The van der Waals surface area contributed by atoms with E-state index in [2.05, 4.69) is 15.3 Å². The van der Waals surface area contributed by atoms with E-state index in [0.717, 1.165) is 16.8 Å². The van der Waals surface area contributed by atoms with Gasteiger partial charge in [0.2, 0.25) is 5.91 Å². The predicted octanol–water partition coefficient (Wildman–Crippen LogP) is 3.41. The van der Waals surface area contributed by atoms with Crippen molar-refractivity contribution in [3.05, 3.63) is 65.2 Å². The summed E-state index contributed by atoms with van der Waals surface area (Å²) >= 11 is 1.27. The van der Waals surface area contributed by atoms with Gasteiger partial charge in [-0.25, -0.2) is 9.89 Å². The van der Waals surface area contributed by atoms with E-state index in [1.54, 1.807) is 11.8 Å². The standard InChI is InChI=1S/C22H22N4O2S/c1-13-8-10-16(11-9-13)12-23-20(27)15(3)29-22-25-18-7-5-4-6-17(18)19-24-14(2)21(28)26(19)22/h4-11,14-15H,12H2,1-3H3,(H,23,27)/t14-,15-/m1/s1. The Balaban J connectivity index is 1.49. The van der Waals surface area contributed by atoms with Crippen LogP contribution in [0, 0.1) is 6.92 Å². The average Bonchev–Trinajstić information content (AvgIpc) is 3.02. The lowest BCUT2D eigenvalue weighted by atomic mass is 10.1. The molecule has 2 aromatic rings. The Morgan fingerprint density at radius 3 is 2.69 bits per heavy atom. The van der Waals surface area contributed by atoms with Gasteiger partial charge in [0.25, 0.3) is 5.91 Å². The summed E-state index contributed by atoms with van der Waals surface area (Å²) in [4.78, 5) is 36.0. The minimum absolute atomic E-state index is 0.102. The van der Waals surface area contributed by atoms with E-state index < -0.39 is 11.3 Å². The number of amidine groups is 2. The van der Waals surface area contributed by atoms with Crippen LogP contribution in [0.1, 0.15) is 30.5 Å². The SMILES string of the molecule is Cc1ccc(CNC(=O)[C@@H](C)SC2=Nc3ccccc3C3=N[C@H](C)C(=O)N23)cc1. The van der Waals surface area contributed by atoms with Gasteiger partial charge < -0.3 is 5.32 Å². The lowest BCUT2D eigenvalue weighted by molar-refractivity contribution is -0.124. The highest BCUT2D eigenvalue weighted by Crippen LogP contribution is 2.34. The van der Waals surface area contributed by atoms with Crippen LogP contribution in [0.25, 0.3) is 0 Å². The summed E-state index contributed by atoms with van der Waals surface area (Å²) in [5.41, 5.74) is 3.83. The summed E-state index contributed by atoms with van der Waals surface area (Å²) in [5.74, 6) is 0.395. The van der Waals surface area contributed by atoms with Crippen molar-refractivity contribution >= 4 is 40.3 Å². The number of nitrogens with zero attached hydrogens (tertiary/aromatic N) is 3. The summed E-state index contributed by atoms with van der Waals surface area (Å²) in [5, 5.41) is 3.05. The maximum atomic E-state index is 12.7. The number of hydrogen-bond acceptors (Lipinski definition) is 5. The number of carbonyl (C=O) groups is 2. The highest BCUT2D eigenvalue weighted by molar-refractivity contribution is 8.15. The van der Waals surface area contributed by atoms with Crippen molar-refractivity contribution in [3.63, 3.8) is 0 Å². The molecule has 0 fully saturated rings. The Hall–Kier alpha value is -2.93. The number of carbonyl (C=O) groups excluding carboxylic acids is 2. The van der Waals surface area contributed by atoms with Gasteiger partial charge in [0.1, 0.15) is 11.9 Å². The zero-order valence-electron chi connectivity index (χ0n) is 16.5. The summed E-state index contributed by atoms with van der Waals surface area (Å²) in [6.45, 7) is 6.09.